The molecule has 0 aliphatic rings. The average molecular weight is 281 g/mol. The van der Waals surface area contributed by atoms with Crippen LogP contribution in [0.1, 0.15) is 33.6 Å². The van der Waals surface area contributed by atoms with Crippen molar-refractivity contribution >= 4 is 17.6 Å². The number of halogens is 1. The molecule has 0 fully saturated rings. The van der Waals surface area contributed by atoms with Crippen molar-refractivity contribution in [1.29, 1.82) is 0 Å². The molecular formula is C15H20FNO3. The van der Waals surface area contributed by atoms with E-state index in [1.165, 1.54) is 17.0 Å². The zero-order valence-electron chi connectivity index (χ0n) is 12.0. The van der Waals surface area contributed by atoms with Crippen LogP contribution in [0.15, 0.2) is 24.3 Å². The summed E-state index contributed by atoms with van der Waals surface area (Å²) in [5.74, 6) is -1.54. The fourth-order valence-corrected chi connectivity index (χ4v) is 2.12. The first-order valence-electron chi connectivity index (χ1n) is 6.53. The van der Waals surface area contributed by atoms with Gasteiger partial charge in [0.05, 0.1) is 6.42 Å². The molecule has 0 radical (unpaired) electrons. The molecule has 0 bridgehead atoms. The van der Waals surface area contributed by atoms with E-state index in [2.05, 4.69) is 0 Å². The van der Waals surface area contributed by atoms with Crippen LogP contribution in [-0.4, -0.2) is 23.5 Å². The third-order valence-corrected chi connectivity index (χ3v) is 3.00. The van der Waals surface area contributed by atoms with Gasteiger partial charge in [0.25, 0.3) is 0 Å². The maximum atomic E-state index is 13.2. The van der Waals surface area contributed by atoms with E-state index in [1.807, 2.05) is 0 Å². The normalized spacial score (nSPS) is 11.2. The zero-order chi connectivity index (χ0) is 15.3. The third-order valence-electron chi connectivity index (χ3n) is 3.00. The molecule has 0 spiro atoms. The molecule has 1 amide bonds. The Labute approximate surface area is 118 Å². The topological polar surface area (TPSA) is 57.6 Å². The molecule has 0 aromatic heterocycles. The molecular weight excluding hydrogens is 261 g/mol. The minimum Gasteiger partial charge on any atom is -0.481 e. The summed E-state index contributed by atoms with van der Waals surface area (Å²) in [7, 11) is 0. The van der Waals surface area contributed by atoms with Gasteiger partial charge in [0.1, 0.15) is 5.82 Å². The lowest BCUT2D eigenvalue weighted by Crippen LogP contribution is -2.34. The highest BCUT2D eigenvalue weighted by molar-refractivity contribution is 5.93. The van der Waals surface area contributed by atoms with E-state index in [0.29, 0.717) is 12.2 Å². The Morgan fingerprint density at radius 2 is 1.95 bits per heavy atom. The number of anilines is 1. The number of amides is 1. The monoisotopic (exact) mass is 281 g/mol. The standard InChI is InChI=1S/C15H20FNO3/c1-4-17(12-7-5-6-11(16)8-12)13(18)9-15(2,3)10-14(19)20/h5-8H,4,9-10H2,1-3H3,(H,19,20). The Hall–Kier alpha value is -1.91. The van der Waals surface area contributed by atoms with Gasteiger partial charge < -0.3 is 10.0 Å². The van der Waals surface area contributed by atoms with Crippen LogP contribution in [0.4, 0.5) is 10.1 Å². The Morgan fingerprint density at radius 1 is 1.30 bits per heavy atom. The molecule has 0 saturated heterocycles. The minimum absolute atomic E-state index is 0.0839. The van der Waals surface area contributed by atoms with Crippen molar-refractivity contribution in [3.05, 3.63) is 30.1 Å². The van der Waals surface area contributed by atoms with Gasteiger partial charge in [0, 0.05) is 18.7 Å². The summed E-state index contributed by atoms with van der Waals surface area (Å²) >= 11 is 0. The molecule has 0 atom stereocenters. The van der Waals surface area contributed by atoms with Crippen LogP contribution < -0.4 is 4.90 Å². The lowest BCUT2D eigenvalue weighted by molar-refractivity contribution is -0.139. The molecule has 0 aliphatic carbocycles. The second-order valence-electron chi connectivity index (χ2n) is 5.53. The molecule has 1 aromatic rings. The molecule has 1 rings (SSSR count). The highest BCUT2D eigenvalue weighted by Crippen LogP contribution is 2.27. The average Bonchev–Trinajstić information content (AvgIpc) is 2.26. The fourth-order valence-electron chi connectivity index (χ4n) is 2.12. The van der Waals surface area contributed by atoms with Crippen molar-refractivity contribution in [2.75, 3.05) is 11.4 Å². The van der Waals surface area contributed by atoms with Gasteiger partial charge in [-0.1, -0.05) is 19.9 Å². The van der Waals surface area contributed by atoms with Crippen LogP contribution in [0.2, 0.25) is 0 Å². The zero-order valence-corrected chi connectivity index (χ0v) is 12.0. The van der Waals surface area contributed by atoms with Gasteiger partial charge in [-0.15, -0.1) is 0 Å². The third kappa shape index (κ3) is 4.64. The maximum absolute atomic E-state index is 13.2. The van der Waals surface area contributed by atoms with Crippen LogP contribution in [0.25, 0.3) is 0 Å². The van der Waals surface area contributed by atoms with E-state index in [9.17, 15) is 14.0 Å². The van der Waals surface area contributed by atoms with E-state index in [1.54, 1.807) is 32.9 Å². The highest BCUT2D eigenvalue weighted by atomic mass is 19.1. The van der Waals surface area contributed by atoms with Gasteiger partial charge >= 0.3 is 5.97 Å². The van der Waals surface area contributed by atoms with Gasteiger partial charge in [0.15, 0.2) is 0 Å². The number of rotatable bonds is 6. The van der Waals surface area contributed by atoms with Crippen LogP contribution in [0, 0.1) is 11.2 Å². The van der Waals surface area contributed by atoms with E-state index in [-0.39, 0.29) is 18.7 Å². The molecule has 1 N–H and O–H groups in total. The summed E-state index contributed by atoms with van der Waals surface area (Å²) in [5.41, 5.74) is -0.146. The van der Waals surface area contributed by atoms with Crippen molar-refractivity contribution < 1.29 is 19.1 Å². The summed E-state index contributed by atoms with van der Waals surface area (Å²) in [6.07, 6.45) is 0.0170. The number of hydrogen-bond donors (Lipinski definition) is 1. The second kappa shape index (κ2) is 6.50. The summed E-state index contributed by atoms with van der Waals surface area (Å²) in [6.45, 7) is 5.68. The number of carbonyl (C=O) groups excluding carboxylic acids is 1. The Bertz CT molecular complexity index is 500. The van der Waals surface area contributed by atoms with Gasteiger partial charge in [-0.05, 0) is 30.5 Å². The summed E-state index contributed by atoms with van der Waals surface area (Å²) in [5, 5.41) is 8.84. The number of carboxylic acids is 1. The molecule has 20 heavy (non-hydrogen) atoms. The maximum Gasteiger partial charge on any atom is 0.303 e. The van der Waals surface area contributed by atoms with Crippen molar-refractivity contribution in [2.45, 2.75) is 33.6 Å². The van der Waals surface area contributed by atoms with Crippen molar-refractivity contribution in [3.8, 4) is 0 Å². The number of hydrogen-bond acceptors (Lipinski definition) is 2. The molecule has 0 heterocycles. The summed E-state index contributed by atoms with van der Waals surface area (Å²) in [4.78, 5) is 24.5. The SMILES string of the molecule is CCN(C(=O)CC(C)(C)CC(=O)O)c1cccc(F)c1. The van der Waals surface area contributed by atoms with Crippen molar-refractivity contribution in [1.82, 2.24) is 0 Å². The molecule has 0 unspecified atom stereocenters. The Kier molecular flexibility index (Phi) is 5.25. The van der Waals surface area contributed by atoms with Gasteiger partial charge in [0.2, 0.25) is 5.91 Å². The number of benzene rings is 1. The first kappa shape index (κ1) is 16.1. The number of carboxylic acid groups (broad SMARTS) is 1. The van der Waals surface area contributed by atoms with Gasteiger partial charge in [-0.3, -0.25) is 9.59 Å². The van der Waals surface area contributed by atoms with E-state index < -0.39 is 17.2 Å². The predicted molar refractivity (Wildman–Crippen MR) is 75.1 cm³/mol. The first-order valence-corrected chi connectivity index (χ1v) is 6.53. The van der Waals surface area contributed by atoms with E-state index >= 15 is 0 Å². The second-order valence-corrected chi connectivity index (χ2v) is 5.53. The number of aliphatic carboxylic acids is 1. The van der Waals surface area contributed by atoms with E-state index in [0.717, 1.165) is 0 Å². The fraction of sp³-hybridized carbons (Fsp3) is 0.467. The molecule has 0 saturated carbocycles. The Balaban J connectivity index is 2.85. The van der Waals surface area contributed by atoms with Crippen molar-refractivity contribution in [3.63, 3.8) is 0 Å². The van der Waals surface area contributed by atoms with Crippen LogP contribution in [0.3, 0.4) is 0 Å². The lowest BCUT2D eigenvalue weighted by atomic mass is 9.85. The van der Waals surface area contributed by atoms with Crippen LogP contribution >= 0.6 is 0 Å². The Morgan fingerprint density at radius 3 is 2.45 bits per heavy atom. The molecule has 5 heteroatoms. The highest BCUT2D eigenvalue weighted by Gasteiger charge is 2.27. The largest absolute Gasteiger partial charge is 0.481 e. The van der Waals surface area contributed by atoms with Crippen LogP contribution in [0.5, 0.6) is 0 Å². The van der Waals surface area contributed by atoms with Gasteiger partial charge in [-0.2, -0.15) is 0 Å². The van der Waals surface area contributed by atoms with E-state index in [4.69, 9.17) is 5.11 Å². The minimum atomic E-state index is -0.934. The quantitative estimate of drug-likeness (QED) is 0.871. The number of nitrogens with zero attached hydrogens (tertiary/aromatic N) is 1. The predicted octanol–water partition coefficient (Wildman–Crippen LogP) is 3.07. The summed E-state index contributed by atoms with van der Waals surface area (Å²) in [6, 6.07) is 5.82. The molecule has 110 valence electrons. The van der Waals surface area contributed by atoms with Crippen LogP contribution in [-0.2, 0) is 9.59 Å². The number of carbonyl (C=O) groups is 2. The summed E-state index contributed by atoms with van der Waals surface area (Å²) < 4.78 is 13.2. The molecule has 4 nitrogen and oxygen atoms in total. The smallest absolute Gasteiger partial charge is 0.303 e. The lowest BCUT2D eigenvalue weighted by Gasteiger charge is -2.27. The first-order chi connectivity index (χ1) is 9.25. The van der Waals surface area contributed by atoms with Crippen molar-refractivity contribution in [2.24, 2.45) is 5.41 Å². The van der Waals surface area contributed by atoms with Gasteiger partial charge in [-0.25, -0.2) is 4.39 Å². The molecule has 0 aliphatic heterocycles. The molecule has 1 aromatic carbocycles.